The van der Waals surface area contributed by atoms with Crippen LogP contribution in [0.3, 0.4) is 0 Å². The first-order valence-corrected chi connectivity index (χ1v) is 5.00. The number of rotatable bonds is 1. The lowest BCUT2D eigenvalue weighted by Gasteiger charge is -2.05. The molecule has 1 aromatic heterocycles. The van der Waals surface area contributed by atoms with E-state index in [1.807, 2.05) is 0 Å². The van der Waals surface area contributed by atoms with Gasteiger partial charge >= 0.3 is 0 Å². The lowest BCUT2D eigenvalue weighted by atomic mass is 10.1. The van der Waals surface area contributed by atoms with Gasteiger partial charge in [0.15, 0.2) is 0 Å². The molecule has 0 aliphatic carbocycles. The molecule has 1 heterocycles. The van der Waals surface area contributed by atoms with E-state index in [0.29, 0.717) is 21.2 Å². The maximum atomic E-state index is 12.6. The zero-order valence-electron chi connectivity index (χ0n) is 7.55. The minimum Gasteiger partial charge on any atom is -0.228 e. The Morgan fingerprint density at radius 3 is 2.20 bits per heavy atom. The second-order valence-corrected chi connectivity index (χ2v) is 3.78. The fourth-order valence-corrected chi connectivity index (χ4v) is 1.91. The average molecular weight is 242 g/mol. The van der Waals surface area contributed by atoms with Gasteiger partial charge in [0.1, 0.15) is 0 Å². The molecule has 0 saturated carbocycles. The van der Waals surface area contributed by atoms with E-state index in [4.69, 9.17) is 23.2 Å². The third-order valence-corrected chi connectivity index (χ3v) is 2.61. The van der Waals surface area contributed by atoms with E-state index in [9.17, 15) is 4.39 Å². The van der Waals surface area contributed by atoms with Crippen molar-refractivity contribution in [3.63, 3.8) is 0 Å². The third-order valence-electron chi connectivity index (χ3n) is 1.98. The first-order valence-electron chi connectivity index (χ1n) is 4.24. The van der Waals surface area contributed by atoms with Crippen LogP contribution in [-0.2, 0) is 0 Å². The highest BCUT2D eigenvalue weighted by atomic mass is 35.5. The average Bonchev–Trinajstić information content (AvgIpc) is 2.20. The molecule has 0 aliphatic rings. The molecule has 0 bridgehead atoms. The van der Waals surface area contributed by atoms with E-state index in [0.717, 1.165) is 0 Å². The van der Waals surface area contributed by atoms with Crippen molar-refractivity contribution in [1.82, 2.24) is 4.98 Å². The van der Waals surface area contributed by atoms with Gasteiger partial charge in [-0.15, -0.1) is 0 Å². The minimum atomic E-state index is -0.526. The second kappa shape index (κ2) is 4.17. The molecule has 0 amide bonds. The fraction of sp³-hybridized carbons (Fsp3) is 0. The summed E-state index contributed by atoms with van der Waals surface area (Å²) in [6, 6.07) is 8.08. The lowest BCUT2D eigenvalue weighted by molar-refractivity contribution is 0.584. The van der Waals surface area contributed by atoms with Crippen molar-refractivity contribution in [2.45, 2.75) is 0 Å². The maximum Gasteiger partial charge on any atom is 0.212 e. The van der Waals surface area contributed by atoms with Crippen LogP contribution in [0.2, 0.25) is 10.0 Å². The molecule has 0 aliphatic heterocycles. The second-order valence-electron chi connectivity index (χ2n) is 2.97. The van der Waals surface area contributed by atoms with E-state index in [1.54, 1.807) is 24.3 Å². The zero-order valence-corrected chi connectivity index (χ0v) is 9.06. The van der Waals surface area contributed by atoms with Crippen molar-refractivity contribution in [2.24, 2.45) is 0 Å². The van der Waals surface area contributed by atoms with Crippen LogP contribution in [0.15, 0.2) is 36.5 Å². The molecular formula is C11H6Cl2FN. The summed E-state index contributed by atoms with van der Waals surface area (Å²) >= 11 is 12.0. The van der Waals surface area contributed by atoms with Crippen LogP contribution >= 0.6 is 23.2 Å². The monoisotopic (exact) mass is 241 g/mol. The zero-order chi connectivity index (χ0) is 10.8. The summed E-state index contributed by atoms with van der Waals surface area (Å²) in [7, 11) is 0. The van der Waals surface area contributed by atoms with Crippen LogP contribution in [0.5, 0.6) is 0 Å². The first-order chi connectivity index (χ1) is 7.18. The Morgan fingerprint density at radius 1 is 1.00 bits per heavy atom. The molecule has 0 spiro atoms. The van der Waals surface area contributed by atoms with Crippen molar-refractivity contribution < 1.29 is 4.39 Å². The molecule has 0 unspecified atom stereocenters. The smallest absolute Gasteiger partial charge is 0.212 e. The number of benzene rings is 1. The SMILES string of the molecule is Fc1ccc(-c2c(Cl)cccc2Cl)cn1. The highest BCUT2D eigenvalue weighted by molar-refractivity contribution is 6.39. The Labute approximate surface area is 96.5 Å². The highest BCUT2D eigenvalue weighted by Crippen LogP contribution is 2.33. The van der Waals surface area contributed by atoms with Crippen LogP contribution in [0, 0.1) is 5.95 Å². The summed E-state index contributed by atoms with van der Waals surface area (Å²) in [5, 5.41) is 1.05. The molecule has 0 radical (unpaired) electrons. The van der Waals surface area contributed by atoms with Gasteiger partial charge in [-0.25, -0.2) is 4.98 Å². The summed E-state index contributed by atoms with van der Waals surface area (Å²) in [5.74, 6) is -0.526. The number of hydrogen-bond donors (Lipinski definition) is 0. The summed E-state index contributed by atoms with van der Waals surface area (Å²) in [6.45, 7) is 0. The van der Waals surface area contributed by atoms with Gasteiger partial charge in [0.25, 0.3) is 0 Å². The molecule has 0 fully saturated rings. The van der Waals surface area contributed by atoms with Crippen molar-refractivity contribution in [3.8, 4) is 11.1 Å². The van der Waals surface area contributed by atoms with Gasteiger partial charge in [-0.3, -0.25) is 0 Å². The predicted molar refractivity (Wildman–Crippen MR) is 59.7 cm³/mol. The van der Waals surface area contributed by atoms with Crippen LogP contribution in [0.25, 0.3) is 11.1 Å². The lowest BCUT2D eigenvalue weighted by Crippen LogP contribution is -1.85. The quantitative estimate of drug-likeness (QED) is 0.683. The van der Waals surface area contributed by atoms with Gasteiger partial charge in [-0.05, 0) is 24.3 Å². The molecule has 0 atom stereocenters. The molecule has 2 rings (SSSR count). The number of halogens is 3. The molecular weight excluding hydrogens is 236 g/mol. The summed E-state index contributed by atoms with van der Waals surface area (Å²) < 4.78 is 12.6. The Bertz CT molecular complexity index is 462. The van der Waals surface area contributed by atoms with Gasteiger partial charge in [0.2, 0.25) is 5.95 Å². The van der Waals surface area contributed by atoms with Gasteiger partial charge in [-0.2, -0.15) is 4.39 Å². The van der Waals surface area contributed by atoms with Crippen LogP contribution in [-0.4, -0.2) is 4.98 Å². The Balaban J connectivity index is 2.58. The van der Waals surface area contributed by atoms with Gasteiger partial charge in [0.05, 0.1) is 0 Å². The Hall–Kier alpha value is -1.12. The maximum absolute atomic E-state index is 12.6. The highest BCUT2D eigenvalue weighted by Gasteiger charge is 2.08. The molecule has 1 nitrogen and oxygen atoms in total. The number of aromatic nitrogens is 1. The van der Waals surface area contributed by atoms with Crippen molar-refractivity contribution in [2.75, 3.05) is 0 Å². The molecule has 2 aromatic rings. The van der Waals surface area contributed by atoms with Crippen LogP contribution in [0.4, 0.5) is 4.39 Å². The predicted octanol–water partition coefficient (Wildman–Crippen LogP) is 4.19. The molecule has 4 heteroatoms. The largest absolute Gasteiger partial charge is 0.228 e. The van der Waals surface area contributed by atoms with Crippen molar-refractivity contribution >= 4 is 23.2 Å². The van der Waals surface area contributed by atoms with Gasteiger partial charge < -0.3 is 0 Å². The number of nitrogens with zero attached hydrogens (tertiary/aromatic N) is 1. The first kappa shape index (κ1) is 10.4. The topological polar surface area (TPSA) is 12.9 Å². The van der Waals surface area contributed by atoms with E-state index < -0.39 is 5.95 Å². The van der Waals surface area contributed by atoms with E-state index >= 15 is 0 Å². The third kappa shape index (κ3) is 2.11. The summed E-state index contributed by atoms with van der Waals surface area (Å²) in [5.41, 5.74) is 1.38. The fourth-order valence-electron chi connectivity index (χ4n) is 1.30. The van der Waals surface area contributed by atoms with Crippen LogP contribution < -0.4 is 0 Å². The molecule has 0 saturated heterocycles. The minimum absolute atomic E-state index is 0.524. The van der Waals surface area contributed by atoms with Crippen molar-refractivity contribution in [1.29, 1.82) is 0 Å². The van der Waals surface area contributed by atoms with Gasteiger partial charge in [-0.1, -0.05) is 29.3 Å². The normalized spacial score (nSPS) is 10.3. The standard InChI is InChI=1S/C11H6Cl2FN/c12-8-2-1-3-9(13)11(8)7-4-5-10(14)15-6-7/h1-6H. The Morgan fingerprint density at radius 2 is 1.67 bits per heavy atom. The molecule has 76 valence electrons. The number of hydrogen-bond acceptors (Lipinski definition) is 1. The Kier molecular flexibility index (Phi) is 2.89. The molecule has 1 aromatic carbocycles. The van der Waals surface area contributed by atoms with Gasteiger partial charge in [0, 0.05) is 27.4 Å². The molecule has 15 heavy (non-hydrogen) atoms. The molecule has 0 N–H and O–H groups in total. The van der Waals surface area contributed by atoms with E-state index in [2.05, 4.69) is 4.98 Å². The van der Waals surface area contributed by atoms with E-state index in [1.165, 1.54) is 12.3 Å². The van der Waals surface area contributed by atoms with Crippen molar-refractivity contribution in [3.05, 3.63) is 52.5 Å². The number of pyridine rings is 1. The van der Waals surface area contributed by atoms with Crippen LogP contribution in [0.1, 0.15) is 0 Å². The summed E-state index contributed by atoms with van der Waals surface area (Å²) in [6.07, 6.45) is 1.41. The van der Waals surface area contributed by atoms with E-state index in [-0.39, 0.29) is 0 Å². The summed E-state index contributed by atoms with van der Waals surface area (Å²) in [4.78, 5) is 3.55.